The van der Waals surface area contributed by atoms with E-state index in [1.807, 2.05) is 28.8 Å². The first-order valence-corrected chi connectivity index (χ1v) is 9.58. The van der Waals surface area contributed by atoms with Crippen LogP contribution in [0.5, 0.6) is 5.75 Å². The number of aromatic nitrogens is 4. The number of rotatable bonds is 4. The SMILES string of the molecule is C=C(C)Cn1c(=O)c2c(nc3n2CC(C)CN3c2ccccc2OC)n(C)c1=O. The number of ether oxygens (including phenoxy) is 1. The fourth-order valence-electron chi connectivity index (χ4n) is 3.97. The second-order valence-corrected chi connectivity index (χ2v) is 7.77. The lowest BCUT2D eigenvalue weighted by Gasteiger charge is -2.33. The zero-order valence-corrected chi connectivity index (χ0v) is 17.2. The van der Waals surface area contributed by atoms with Crippen LogP contribution in [-0.2, 0) is 20.1 Å². The first-order valence-electron chi connectivity index (χ1n) is 9.58. The third-order valence-corrected chi connectivity index (χ3v) is 5.25. The van der Waals surface area contributed by atoms with Crippen molar-refractivity contribution in [2.24, 2.45) is 13.0 Å². The van der Waals surface area contributed by atoms with E-state index in [1.165, 1.54) is 9.13 Å². The summed E-state index contributed by atoms with van der Waals surface area (Å²) in [5.74, 6) is 1.65. The maximum atomic E-state index is 13.2. The molecule has 1 aliphatic heterocycles. The van der Waals surface area contributed by atoms with Gasteiger partial charge in [0.25, 0.3) is 5.56 Å². The number of anilines is 2. The molecule has 1 aliphatic rings. The van der Waals surface area contributed by atoms with E-state index in [9.17, 15) is 9.59 Å². The van der Waals surface area contributed by atoms with Crippen molar-refractivity contribution >= 4 is 22.8 Å². The first-order chi connectivity index (χ1) is 13.8. The molecule has 3 aromatic rings. The normalized spacial score (nSPS) is 16.1. The van der Waals surface area contributed by atoms with E-state index in [4.69, 9.17) is 9.72 Å². The molecular formula is C21H25N5O3. The molecular weight excluding hydrogens is 370 g/mol. The Morgan fingerprint density at radius 2 is 2.00 bits per heavy atom. The van der Waals surface area contributed by atoms with Crippen molar-refractivity contribution in [1.29, 1.82) is 0 Å². The van der Waals surface area contributed by atoms with E-state index in [0.717, 1.165) is 23.6 Å². The fraction of sp³-hybridized carbons (Fsp3) is 0.381. The molecule has 4 rings (SSSR count). The highest BCUT2D eigenvalue weighted by molar-refractivity contribution is 5.78. The van der Waals surface area contributed by atoms with Crippen LogP contribution in [0, 0.1) is 5.92 Å². The monoisotopic (exact) mass is 395 g/mol. The quantitative estimate of drug-likeness (QED) is 0.634. The van der Waals surface area contributed by atoms with Crippen molar-refractivity contribution in [2.75, 3.05) is 18.6 Å². The van der Waals surface area contributed by atoms with E-state index in [-0.39, 0.29) is 18.0 Å². The zero-order chi connectivity index (χ0) is 20.9. The van der Waals surface area contributed by atoms with Crippen LogP contribution < -0.4 is 20.9 Å². The number of benzene rings is 1. The van der Waals surface area contributed by atoms with Gasteiger partial charge in [-0.15, -0.1) is 0 Å². The third-order valence-electron chi connectivity index (χ3n) is 5.25. The van der Waals surface area contributed by atoms with E-state index in [0.29, 0.717) is 23.7 Å². The Hall–Kier alpha value is -3.29. The minimum absolute atomic E-state index is 0.188. The summed E-state index contributed by atoms with van der Waals surface area (Å²) in [6.07, 6.45) is 0. The van der Waals surface area contributed by atoms with E-state index in [2.05, 4.69) is 18.4 Å². The summed E-state index contributed by atoms with van der Waals surface area (Å²) < 4.78 is 10.1. The summed E-state index contributed by atoms with van der Waals surface area (Å²) in [4.78, 5) is 32.8. The second-order valence-electron chi connectivity index (χ2n) is 7.77. The van der Waals surface area contributed by atoms with Crippen molar-refractivity contribution in [3.05, 3.63) is 57.3 Å². The molecule has 152 valence electrons. The molecule has 0 spiro atoms. The van der Waals surface area contributed by atoms with Crippen molar-refractivity contribution in [3.63, 3.8) is 0 Å². The molecule has 0 amide bonds. The van der Waals surface area contributed by atoms with E-state index < -0.39 is 5.69 Å². The molecule has 0 N–H and O–H groups in total. The molecule has 0 radical (unpaired) electrons. The lowest BCUT2D eigenvalue weighted by Crippen LogP contribution is -2.40. The van der Waals surface area contributed by atoms with Gasteiger partial charge in [-0.2, -0.15) is 4.98 Å². The first kappa shape index (κ1) is 19.0. The Balaban J connectivity index is 2.03. The van der Waals surface area contributed by atoms with Crippen LogP contribution in [0.1, 0.15) is 13.8 Å². The summed E-state index contributed by atoms with van der Waals surface area (Å²) >= 11 is 0. The lowest BCUT2D eigenvalue weighted by atomic mass is 10.1. The maximum absolute atomic E-state index is 13.2. The Kier molecular flexibility index (Phi) is 4.56. The van der Waals surface area contributed by atoms with Crippen molar-refractivity contribution < 1.29 is 4.74 Å². The number of fused-ring (bicyclic) bond motifs is 3. The number of hydrogen-bond donors (Lipinski definition) is 0. The highest BCUT2D eigenvalue weighted by Crippen LogP contribution is 2.37. The standard InChI is InChI=1S/C21H25N5O3/c1-13(2)10-26-19(27)17-18(23(4)21(26)28)22-20-24(11-14(3)12-25(17)20)15-8-6-7-9-16(15)29-5/h6-9,14H,1,10-12H2,2-5H3. The lowest BCUT2D eigenvalue weighted by molar-refractivity contribution is 0.409. The molecule has 0 saturated heterocycles. The summed E-state index contributed by atoms with van der Waals surface area (Å²) in [6, 6.07) is 7.73. The van der Waals surface area contributed by atoms with E-state index >= 15 is 0 Å². The topological polar surface area (TPSA) is 74.3 Å². The van der Waals surface area contributed by atoms with Gasteiger partial charge >= 0.3 is 5.69 Å². The molecule has 2 aromatic heterocycles. The Labute approximate surface area is 168 Å². The van der Waals surface area contributed by atoms with Crippen LogP contribution in [0.2, 0.25) is 0 Å². The van der Waals surface area contributed by atoms with Gasteiger partial charge in [-0.1, -0.05) is 31.2 Å². The van der Waals surface area contributed by atoms with Crippen molar-refractivity contribution in [1.82, 2.24) is 18.7 Å². The number of methoxy groups -OCH3 is 1. The molecule has 0 aliphatic carbocycles. The van der Waals surface area contributed by atoms with Crippen LogP contribution in [0.15, 0.2) is 46.0 Å². The number of aryl methyl sites for hydroxylation is 1. The van der Waals surface area contributed by atoms with Gasteiger partial charge in [0.1, 0.15) is 5.75 Å². The number of allylic oxidation sites excluding steroid dienone is 1. The third kappa shape index (κ3) is 2.95. The maximum Gasteiger partial charge on any atom is 0.332 e. The average molecular weight is 395 g/mol. The van der Waals surface area contributed by atoms with Gasteiger partial charge in [0.15, 0.2) is 11.2 Å². The van der Waals surface area contributed by atoms with Crippen LogP contribution in [-0.4, -0.2) is 32.3 Å². The Morgan fingerprint density at radius 3 is 2.69 bits per heavy atom. The predicted molar refractivity (Wildman–Crippen MR) is 113 cm³/mol. The predicted octanol–water partition coefficient (Wildman–Crippen LogP) is 2.27. The Bertz CT molecular complexity index is 1230. The Morgan fingerprint density at radius 1 is 1.28 bits per heavy atom. The van der Waals surface area contributed by atoms with Crippen LogP contribution >= 0.6 is 0 Å². The van der Waals surface area contributed by atoms with Gasteiger partial charge in [0.2, 0.25) is 5.95 Å². The van der Waals surface area contributed by atoms with Gasteiger partial charge < -0.3 is 14.2 Å². The molecule has 1 unspecified atom stereocenters. The minimum Gasteiger partial charge on any atom is -0.495 e. The summed E-state index contributed by atoms with van der Waals surface area (Å²) in [5, 5.41) is 0. The fourth-order valence-corrected chi connectivity index (χ4v) is 3.97. The van der Waals surface area contributed by atoms with Gasteiger partial charge in [0.05, 0.1) is 19.3 Å². The van der Waals surface area contributed by atoms with Gasteiger partial charge in [-0.25, -0.2) is 4.79 Å². The number of hydrogen-bond acceptors (Lipinski definition) is 5. The van der Waals surface area contributed by atoms with Crippen molar-refractivity contribution in [3.8, 4) is 5.75 Å². The number of nitrogens with zero attached hydrogens (tertiary/aromatic N) is 5. The highest BCUT2D eigenvalue weighted by Gasteiger charge is 2.30. The zero-order valence-electron chi connectivity index (χ0n) is 17.2. The molecule has 1 atom stereocenters. The molecule has 1 aromatic carbocycles. The molecule has 0 saturated carbocycles. The number of para-hydroxylation sites is 2. The molecule has 3 heterocycles. The van der Waals surface area contributed by atoms with Crippen LogP contribution in [0.3, 0.4) is 0 Å². The van der Waals surface area contributed by atoms with Gasteiger partial charge in [-0.05, 0) is 25.0 Å². The molecule has 0 fully saturated rings. The van der Waals surface area contributed by atoms with Crippen LogP contribution in [0.4, 0.5) is 11.6 Å². The minimum atomic E-state index is -0.391. The molecule has 8 heteroatoms. The molecule has 29 heavy (non-hydrogen) atoms. The van der Waals surface area contributed by atoms with Crippen molar-refractivity contribution in [2.45, 2.75) is 26.9 Å². The van der Waals surface area contributed by atoms with Gasteiger partial charge in [0, 0.05) is 20.1 Å². The molecule has 8 nitrogen and oxygen atoms in total. The smallest absolute Gasteiger partial charge is 0.332 e. The average Bonchev–Trinajstić information content (AvgIpc) is 3.08. The summed E-state index contributed by atoms with van der Waals surface area (Å²) in [6.45, 7) is 9.35. The molecule has 0 bridgehead atoms. The highest BCUT2D eigenvalue weighted by atomic mass is 16.5. The number of imidazole rings is 1. The van der Waals surface area contributed by atoms with E-state index in [1.54, 1.807) is 21.1 Å². The largest absolute Gasteiger partial charge is 0.495 e. The second kappa shape index (κ2) is 6.95. The van der Waals surface area contributed by atoms with Gasteiger partial charge in [-0.3, -0.25) is 13.9 Å². The summed E-state index contributed by atoms with van der Waals surface area (Å²) in [5.41, 5.74) is 1.73. The van der Waals surface area contributed by atoms with Crippen LogP contribution in [0.25, 0.3) is 11.2 Å². The summed E-state index contributed by atoms with van der Waals surface area (Å²) in [7, 11) is 3.28.